The smallest absolute Gasteiger partial charge is 0.416 e. The van der Waals surface area contributed by atoms with Gasteiger partial charge in [-0.1, -0.05) is 24.3 Å². The monoisotopic (exact) mass is 267 g/mol. The highest BCUT2D eigenvalue weighted by molar-refractivity contribution is 5.80. The first kappa shape index (κ1) is 13.3. The van der Waals surface area contributed by atoms with Gasteiger partial charge in [-0.05, 0) is 18.2 Å². The van der Waals surface area contributed by atoms with E-state index >= 15 is 0 Å². The zero-order valence-electron chi connectivity index (χ0n) is 10.2. The maximum atomic E-state index is 12.6. The van der Waals surface area contributed by atoms with Crippen LogP contribution in [0, 0.1) is 0 Å². The zero-order chi connectivity index (χ0) is 14.0. The summed E-state index contributed by atoms with van der Waals surface area (Å²) >= 11 is 0. The molecule has 0 amide bonds. The van der Waals surface area contributed by atoms with Crippen molar-refractivity contribution in [2.75, 3.05) is 12.8 Å². The van der Waals surface area contributed by atoms with Crippen molar-refractivity contribution < 1.29 is 17.9 Å². The predicted molar refractivity (Wildman–Crippen MR) is 67.8 cm³/mol. The molecule has 2 nitrogen and oxygen atoms in total. The first-order valence-electron chi connectivity index (χ1n) is 5.53. The standard InChI is InChI=1S/C14H12F3NO/c1-19-13-5-3-2-4-11(13)10-7-6-9(8-12(10)18)14(15,16)17/h2-8H,18H2,1H3. The van der Waals surface area contributed by atoms with Gasteiger partial charge in [-0.15, -0.1) is 0 Å². The number of rotatable bonds is 2. The number of hydrogen-bond acceptors (Lipinski definition) is 2. The highest BCUT2D eigenvalue weighted by Crippen LogP contribution is 2.37. The summed E-state index contributed by atoms with van der Waals surface area (Å²) in [7, 11) is 1.50. The van der Waals surface area contributed by atoms with Crippen LogP contribution in [0.2, 0.25) is 0 Å². The Balaban J connectivity index is 2.53. The summed E-state index contributed by atoms with van der Waals surface area (Å²) in [5.41, 5.74) is 6.21. The van der Waals surface area contributed by atoms with Crippen molar-refractivity contribution in [2.45, 2.75) is 6.18 Å². The lowest BCUT2D eigenvalue weighted by Crippen LogP contribution is -2.06. The summed E-state index contributed by atoms with van der Waals surface area (Å²) in [6, 6.07) is 10.3. The molecule has 0 atom stereocenters. The maximum Gasteiger partial charge on any atom is 0.416 e. The Kier molecular flexibility index (Phi) is 3.38. The molecular formula is C14H12F3NO. The lowest BCUT2D eigenvalue weighted by Gasteiger charge is -2.13. The number of hydrogen-bond donors (Lipinski definition) is 1. The molecule has 0 saturated carbocycles. The van der Waals surface area contributed by atoms with Gasteiger partial charge in [-0.3, -0.25) is 0 Å². The van der Waals surface area contributed by atoms with Crippen molar-refractivity contribution >= 4 is 5.69 Å². The molecule has 0 radical (unpaired) electrons. The number of anilines is 1. The van der Waals surface area contributed by atoms with Gasteiger partial charge in [0, 0.05) is 16.8 Å². The van der Waals surface area contributed by atoms with Crippen LogP contribution in [0.15, 0.2) is 42.5 Å². The summed E-state index contributed by atoms with van der Waals surface area (Å²) in [6.45, 7) is 0. The molecule has 0 aliphatic rings. The van der Waals surface area contributed by atoms with Crippen LogP contribution >= 0.6 is 0 Å². The quantitative estimate of drug-likeness (QED) is 0.836. The van der Waals surface area contributed by atoms with E-state index in [0.717, 1.165) is 12.1 Å². The van der Waals surface area contributed by atoms with Gasteiger partial charge in [-0.2, -0.15) is 13.2 Å². The minimum absolute atomic E-state index is 0.0688. The molecule has 2 aromatic rings. The first-order valence-corrected chi connectivity index (χ1v) is 5.53. The molecule has 5 heteroatoms. The van der Waals surface area contributed by atoms with Gasteiger partial charge in [0.1, 0.15) is 5.75 Å². The fraction of sp³-hybridized carbons (Fsp3) is 0.143. The van der Waals surface area contributed by atoms with Crippen LogP contribution in [-0.2, 0) is 6.18 Å². The van der Waals surface area contributed by atoms with Crippen molar-refractivity contribution in [2.24, 2.45) is 0 Å². The molecule has 2 aromatic carbocycles. The second kappa shape index (κ2) is 4.84. The Labute approximate surface area is 108 Å². The fourth-order valence-electron chi connectivity index (χ4n) is 1.85. The number of ether oxygens (including phenoxy) is 1. The number of para-hydroxylation sites is 1. The molecule has 0 spiro atoms. The van der Waals surface area contributed by atoms with E-state index in [1.807, 2.05) is 0 Å². The van der Waals surface area contributed by atoms with Gasteiger partial charge in [-0.25, -0.2) is 0 Å². The van der Waals surface area contributed by atoms with E-state index in [0.29, 0.717) is 16.9 Å². The largest absolute Gasteiger partial charge is 0.496 e. The van der Waals surface area contributed by atoms with Crippen LogP contribution in [-0.4, -0.2) is 7.11 Å². The minimum Gasteiger partial charge on any atom is -0.496 e. The Bertz CT molecular complexity index is 593. The zero-order valence-corrected chi connectivity index (χ0v) is 10.2. The number of methoxy groups -OCH3 is 1. The van der Waals surface area contributed by atoms with Gasteiger partial charge in [0.15, 0.2) is 0 Å². The number of nitrogens with two attached hydrogens (primary N) is 1. The third-order valence-corrected chi connectivity index (χ3v) is 2.78. The van der Waals surface area contributed by atoms with Gasteiger partial charge in [0.05, 0.1) is 12.7 Å². The molecule has 2 N–H and O–H groups in total. The second-order valence-electron chi connectivity index (χ2n) is 4.00. The Morgan fingerprint density at radius 1 is 1.00 bits per heavy atom. The Hall–Kier alpha value is -2.17. The Morgan fingerprint density at radius 2 is 1.68 bits per heavy atom. The molecule has 100 valence electrons. The average Bonchev–Trinajstić information content (AvgIpc) is 2.37. The van der Waals surface area contributed by atoms with E-state index in [2.05, 4.69) is 0 Å². The van der Waals surface area contributed by atoms with Crippen LogP contribution in [0.1, 0.15) is 5.56 Å². The lowest BCUT2D eigenvalue weighted by atomic mass is 10.0. The number of benzene rings is 2. The summed E-state index contributed by atoms with van der Waals surface area (Å²) in [5.74, 6) is 0.564. The van der Waals surface area contributed by atoms with E-state index in [4.69, 9.17) is 10.5 Å². The number of halogens is 3. The average molecular weight is 267 g/mol. The van der Waals surface area contributed by atoms with E-state index < -0.39 is 11.7 Å². The molecular weight excluding hydrogens is 255 g/mol. The van der Waals surface area contributed by atoms with E-state index in [1.54, 1.807) is 24.3 Å². The summed E-state index contributed by atoms with van der Waals surface area (Å²) in [6.07, 6.45) is -4.40. The van der Waals surface area contributed by atoms with E-state index in [-0.39, 0.29) is 5.69 Å². The third kappa shape index (κ3) is 2.65. The van der Waals surface area contributed by atoms with Crippen LogP contribution in [0.25, 0.3) is 11.1 Å². The highest BCUT2D eigenvalue weighted by atomic mass is 19.4. The van der Waals surface area contributed by atoms with Crippen molar-refractivity contribution in [3.63, 3.8) is 0 Å². The highest BCUT2D eigenvalue weighted by Gasteiger charge is 2.30. The lowest BCUT2D eigenvalue weighted by molar-refractivity contribution is -0.137. The molecule has 19 heavy (non-hydrogen) atoms. The van der Waals surface area contributed by atoms with Crippen molar-refractivity contribution in [3.05, 3.63) is 48.0 Å². The number of nitrogen functional groups attached to an aromatic ring is 1. The van der Waals surface area contributed by atoms with Crippen molar-refractivity contribution in [3.8, 4) is 16.9 Å². The first-order chi connectivity index (χ1) is 8.93. The van der Waals surface area contributed by atoms with Gasteiger partial charge < -0.3 is 10.5 Å². The third-order valence-electron chi connectivity index (χ3n) is 2.78. The molecule has 2 rings (SSSR count). The molecule has 0 fully saturated rings. The SMILES string of the molecule is COc1ccccc1-c1ccc(C(F)(F)F)cc1N. The van der Waals surface area contributed by atoms with Crippen LogP contribution in [0.3, 0.4) is 0 Å². The second-order valence-corrected chi connectivity index (χ2v) is 4.00. The fourth-order valence-corrected chi connectivity index (χ4v) is 1.85. The summed E-state index contributed by atoms with van der Waals surface area (Å²) in [5, 5.41) is 0. The minimum atomic E-state index is -4.40. The summed E-state index contributed by atoms with van der Waals surface area (Å²) < 4.78 is 42.9. The van der Waals surface area contributed by atoms with E-state index in [9.17, 15) is 13.2 Å². The molecule has 0 bridgehead atoms. The van der Waals surface area contributed by atoms with E-state index in [1.165, 1.54) is 13.2 Å². The molecule has 0 aromatic heterocycles. The van der Waals surface area contributed by atoms with Crippen LogP contribution in [0.4, 0.5) is 18.9 Å². The maximum absolute atomic E-state index is 12.6. The summed E-state index contributed by atoms with van der Waals surface area (Å²) in [4.78, 5) is 0. The molecule has 0 saturated heterocycles. The molecule has 0 aliphatic heterocycles. The predicted octanol–water partition coefficient (Wildman–Crippen LogP) is 3.96. The normalized spacial score (nSPS) is 11.4. The van der Waals surface area contributed by atoms with Gasteiger partial charge in [0.25, 0.3) is 0 Å². The van der Waals surface area contributed by atoms with Crippen molar-refractivity contribution in [1.82, 2.24) is 0 Å². The number of alkyl halides is 3. The molecule has 0 heterocycles. The van der Waals surface area contributed by atoms with Crippen LogP contribution < -0.4 is 10.5 Å². The molecule has 0 unspecified atom stereocenters. The Morgan fingerprint density at radius 3 is 2.26 bits per heavy atom. The molecule has 0 aliphatic carbocycles. The van der Waals surface area contributed by atoms with Gasteiger partial charge in [0.2, 0.25) is 0 Å². The van der Waals surface area contributed by atoms with Gasteiger partial charge >= 0.3 is 6.18 Å². The topological polar surface area (TPSA) is 35.2 Å². The van der Waals surface area contributed by atoms with Crippen molar-refractivity contribution in [1.29, 1.82) is 0 Å². The van der Waals surface area contributed by atoms with Crippen LogP contribution in [0.5, 0.6) is 5.75 Å².